The molecule has 2 aromatic carbocycles. The van der Waals surface area contributed by atoms with Crippen LogP contribution in [0.2, 0.25) is 0 Å². The van der Waals surface area contributed by atoms with Gasteiger partial charge in [-0.05, 0) is 36.4 Å². The predicted molar refractivity (Wildman–Crippen MR) is 119 cm³/mol. The Labute approximate surface area is 188 Å². The molecule has 0 spiro atoms. The smallest absolute Gasteiger partial charge is 0.296 e. The molecule has 1 aliphatic rings. The van der Waals surface area contributed by atoms with E-state index in [1.54, 1.807) is 43.5 Å². The molecule has 0 saturated carbocycles. The predicted octanol–water partition coefficient (Wildman–Crippen LogP) is 3.74. The summed E-state index contributed by atoms with van der Waals surface area (Å²) >= 11 is 0. The number of alkyl halides is 2. The quantitative estimate of drug-likeness (QED) is 0.472. The summed E-state index contributed by atoms with van der Waals surface area (Å²) in [5.41, 5.74) is 1.64. The van der Waals surface area contributed by atoms with Gasteiger partial charge in [0.1, 0.15) is 5.75 Å². The molecule has 3 heterocycles. The van der Waals surface area contributed by atoms with Gasteiger partial charge >= 0.3 is 0 Å². The van der Waals surface area contributed by atoms with Crippen LogP contribution in [-0.4, -0.2) is 57.9 Å². The average molecular weight is 453 g/mol. The minimum absolute atomic E-state index is 0.0616. The maximum Gasteiger partial charge on any atom is 0.296 e. The van der Waals surface area contributed by atoms with Gasteiger partial charge in [0.2, 0.25) is 17.8 Å². The van der Waals surface area contributed by atoms with Gasteiger partial charge in [0, 0.05) is 18.8 Å². The molecule has 0 radical (unpaired) electrons. The van der Waals surface area contributed by atoms with E-state index in [4.69, 9.17) is 9.47 Å². The summed E-state index contributed by atoms with van der Waals surface area (Å²) < 4.78 is 39.7. The lowest BCUT2D eigenvalue weighted by Gasteiger charge is -2.27. The molecular weight excluding hydrogens is 432 g/mol. The molecule has 0 bridgehead atoms. The number of hydrogen-bond acceptors (Lipinski definition) is 8. The van der Waals surface area contributed by atoms with Crippen LogP contribution < -0.4 is 15.0 Å². The number of ether oxygens (including phenoxy) is 2. The standard InChI is InChI=1S/C22H21F2N7O2/c1-32-15-8-6-14(7-9-15)25-20-27-21(30-10-12-33-13-11-30)29-22(28-20)31-17-5-3-2-4-16(17)26-19(31)18(23)24/h2-9,18H,10-13H2,1H3,(H,25,27,28,29). The van der Waals surface area contributed by atoms with Crippen molar-refractivity contribution in [1.82, 2.24) is 24.5 Å². The summed E-state index contributed by atoms with van der Waals surface area (Å²) in [6, 6.07) is 14.1. The lowest BCUT2D eigenvalue weighted by molar-refractivity contribution is 0.122. The largest absolute Gasteiger partial charge is 0.497 e. The second-order valence-electron chi connectivity index (χ2n) is 7.31. The third kappa shape index (κ3) is 4.27. The SMILES string of the molecule is COc1ccc(Nc2nc(N3CCOCC3)nc(-n3c(C(F)F)nc4ccccc43)n2)cc1. The molecule has 1 aliphatic heterocycles. The van der Waals surface area contributed by atoms with Crippen molar-refractivity contribution >= 4 is 28.6 Å². The minimum Gasteiger partial charge on any atom is -0.497 e. The summed E-state index contributed by atoms with van der Waals surface area (Å²) in [6.45, 7) is 2.21. The highest BCUT2D eigenvalue weighted by Gasteiger charge is 2.24. The molecule has 1 saturated heterocycles. The monoisotopic (exact) mass is 453 g/mol. The van der Waals surface area contributed by atoms with Gasteiger partial charge in [-0.15, -0.1) is 0 Å². The second-order valence-corrected chi connectivity index (χ2v) is 7.31. The molecule has 170 valence electrons. The molecule has 0 unspecified atom stereocenters. The summed E-state index contributed by atoms with van der Waals surface area (Å²) in [5, 5.41) is 3.14. The van der Waals surface area contributed by atoms with E-state index in [1.807, 2.05) is 17.0 Å². The zero-order valence-corrected chi connectivity index (χ0v) is 17.8. The van der Waals surface area contributed by atoms with Crippen molar-refractivity contribution in [2.45, 2.75) is 6.43 Å². The van der Waals surface area contributed by atoms with E-state index < -0.39 is 12.2 Å². The van der Waals surface area contributed by atoms with Crippen LogP contribution in [0.1, 0.15) is 12.2 Å². The maximum atomic E-state index is 13.9. The van der Waals surface area contributed by atoms with Crippen LogP contribution in [0.15, 0.2) is 48.5 Å². The van der Waals surface area contributed by atoms with E-state index in [-0.39, 0.29) is 11.9 Å². The number of aromatic nitrogens is 5. The van der Waals surface area contributed by atoms with Crippen molar-refractivity contribution < 1.29 is 18.3 Å². The number of halogens is 2. The van der Waals surface area contributed by atoms with Gasteiger partial charge in [-0.25, -0.2) is 13.8 Å². The van der Waals surface area contributed by atoms with Crippen molar-refractivity contribution in [2.24, 2.45) is 0 Å². The van der Waals surface area contributed by atoms with Crippen LogP contribution >= 0.6 is 0 Å². The molecule has 0 aliphatic carbocycles. The van der Waals surface area contributed by atoms with Gasteiger partial charge in [0.15, 0.2) is 5.82 Å². The Kier molecular flexibility index (Phi) is 5.69. The number of para-hydroxylation sites is 2. The van der Waals surface area contributed by atoms with Crippen LogP contribution in [0.4, 0.5) is 26.4 Å². The molecule has 1 fully saturated rings. The normalized spacial score (nSPS) is 14.1. The second kappa shape index (κ2) is 8.94. The Hall–Kier alpha value is -3.86. The van der Waals surface area contributed by atoms with Crippen molar-refractivity contribution in [3.63, 3.8) is 0 Å². The zero-order chi connectivity index (χ0) is 22.8. The van der Waals surface area contributed by atoms with Crippen molar-refractivity contribution in [3.05, 3.63) is 54.4 Å². The Morgan fingerprint density at radius 1 is 0.939 bits per heavy atom. The Morgan fingerprint density at radius 2 is 1.67 bits per heavy atom. The highest BCUT2D eigenvalue weighted by Crippen LogP contribution is 2.28. The zero-order valence-electron chi connectivity index (χ0n) is 17.8. The van der Waals surface area contributed by atoms with E-state index in [1.165, 1.54) is 4.57 Å². The van der Waals surface area contributed by atoms with E-state index >= 15 is 0 Å². The van der Waals surface area contributed by atoms with E-state index in [2.05, 4.69) is 25.3 Å². The number of methoxy groups -OCH3 is 1. The molecule has 11 heteroatoms. The average Bonchev–Trinajstić information content (AvgIpc) is 3.25. The number of rotatable bonds is 6. The number of nitrogens with zero attached hydrogens (tertiary/aromatic N) is 6. The van der Waals surface area contributed by atoms with Crippen LogP contribution in [0.25, 0.3) is 17.0 Å². The fourth-order valence-corrected chi connectivity index (χ4v) is 3.62. The number of fused-ring (bicyclic) bond motifs is 1. The Balaban J connectivity index is 1.63. The first-order valence-corrected chi connectivity index (χ1v) is 10.4. The van der Waals surface area contributed by atoms with Gasteiger partial charge in [-0.3, -0.25) is 4.57 Å². The van der Waals surface area contributed by atoms with Gasteiger partial charge < -0.3 is 19.7 Å². The van der Waals surface area contributed by atoms with Crippen LogP contribution in [0, 0.1) is 0 Å². The first-order chi connectivity index (χ1) is 16.1. The van der Waals surface area contributed by atoms with E-state index in [0.717, 1.165) is 0 Å². The van der Waals surface area contributed by atoms with Gasteiger partial charge in [-0.2, -0.15) is 15.0 Å². The molecule has 2 aromatic heterocycles. The lowest BCUT2D eigenvalue weighted by atomic mass is 10.3. The minimum atomic E-state index is -2.81. The Bertz CT molecular complexity index is 1260. The Morgan fingerprint density at radius 3 is 2.39 bits per heavy atom. The first-order valence-electron chi connectivity index (χ1n) is 10.4. The number of hydrogen-bond donors (Lipinski definition) is 1. The maximum absolute atomic E-state index is 13.9. The molecule has 9 nitrogen and oxygen atoms in total. The fraction of sp³-hybridized carbons (Fsp3) is 0.273. The molecule has 0 atom stereocenters. The van der Waals surface area contributed by atoms with E-state index in [9.17, 15) is 8.78 Å². The third-order valence-electron chi connectivity index (χ3n) is 5.23. The highest BCUT2D eigenvalue weighted by atomic mass is 19.3. The van der Waals surface area contributed by atoms with Crippen LogP contribution in [0.5, 0.6) is 5.75 Å². The lowest BCUT2D eigenvalue weighted by Crippen LogP contribution is -2.37. The number of anilines is 3. The van der Waals surface area contributed by atoms with Crippen molar-refractivity contribution in [2.75, 3.05) is 43.6 Å². The number of morpholine rings is 1. The number of nitrogens with one attached hydrogen (secondary N) is 1. The number of benzene rings is 2. The van der Waals surface area contributed by atoms with Crippen LogP contribution in [-0.2, 0) is 4.74 Å². The summed E-state index contributed by atoms with van der Waals surface area (Å²) in [6.07, 6.45) is -2.81. The first kappa shape index (κ1) is 21.0. The summed E-state index contributed by atoms with van der Waals surface area (Å²) in [4.78, 5) is 19.6. The number of imidazole rings is 1. The molecule has 33 heavy (non-hydrogen) atoms. The van der Waals surface area contributed by atoms with Gasteiger partial charge in [-0.1, -0.05) is 12.1 Å². The van der Waals surface area contributed by atoms with Gasteiger partial charge in [0.25, 0.3) is 6.43 Å². The van der Waals surface area contributed by atoms with Crippen LogP contribution in [0.3, 0.4) is 0 Å². The third-order valence-corrected chi connectivity index (χ3v) is 5.23. The summed E-state index contributed by atoms with van der Waals surface area (Å²) in [7, 11) is 1.59. The molecular formula is C22H21F2N7O2. The molecule has 5 rings (SSSR count). The molecule has 1 N–H and O–H groups in total. The van der Waals surface area contributed by atoms with Gasteiger partial charge in [0.05, 0.1) is 31.4 Å². The topological polar surface area (TPSA) is 90.2 Å². The molecule has 4 aromatic rings. The summed E-state index contributed by atoms with van der Waals surface area (Å²) in [5.74, 6) is 0.941. The highest BCUT2D eigenvalue weighted by molar-refractivity contribution is 5.77. The van der Waals surface area contributed by atoms with Crippen molar-refractivity contribution in [3.8, 4) is 11.7 Å². The van der Waals surface area contributed by atoms with E-state index in [0.29, 0.717) is 54.7 Å². The fourth-order valence-electron chi connectivity index (χ4n) is 3.62. The van der Waals surface area contributed by atoms with Crippen molar-refractivity contribution in [1.29, 1.82) is 0 Å². The molecule has 0 amide bonds.